The summed E-state index contributed by atoms with van der Waals surface area (Å²) < 4.78 is 5.11. The van der Waals surface area contributed by atoms with Crippen LogP contribution in [0.3, 0.4) is 0 Å². The minimum absolute atomic E-state index is 0.0189. The monoisotopic (exact) mass is 294 g/mol. The van der Waals surface area contributed by atoms with E-state index in [1.54, 1.807) is 18.9 Å². The second kappa shape index (κ2) is 6.50. The van der Waals surface area contributed by atoms with Gasteiger partial charge in [0, 0.05) is 33.4 Å². The van der Waals surface area contributed by atoms with Gasteiger partial charge in [-0.2, -0.15) is 0 Å². The van der Waals surface area contributed by atoms with Crippen molar-refractivity contribution in [3.8, 4) is 0 Å². The van der Waals surface area contributed by atoms with E-state index in [1.807, 2.05) is 25.9 Å². The van der Waals surface area contributed by atoms with Crippen LogP contribution in [0.2, 0.25) is 0 Å². The Labute approximate surface area is 125 Å². The molecule has 0 spiro atoms. The molecule has 1 aliphatic rings. The van der Waals surface area contributed by atoms with Crippen LogP contribution in [0.1, 0.15) is 17.9 Å². The first-order chi connectivity index (χ1) is 9.54. The van der Waals surface area contributed by atoms with E-state index in [-0.39, 0.29) is 16.5 Å². The van der Waals surface area contributed by atoms with Crippen molar-refractivity contribution in [2.75, 3.05) is 39.3 Å². The van der Waals surface area contributed by atoms with E-state index in [0.717, 1.165) is 0 Å². The summed E-state index contributed by atoms with van der Waals surface area (Å²) in [5, 5.41) is 0.120. The normalized spacial score (nSPS) is 22.4. The zero-order chi connectivity index (χ0) is 14.7. The number of nitrogens with zero attached hydrogens (tertiary/aromatic N) is 2. The molecule has 1 aromatic carbocycles. The Balaban J connectivity index is 2.18. The molecule has 1 heterocycles. The molecule has 0 aliphatic carbocycles. The van der Waals surface area contributed by atoms with Crippen LogP contribution in [0.15, 0.2) is 24.3 Å². The van der Waals surface area contributed by atoms with Gasteiger partial charge in [-0.15, -0.1) is 11.8 Å². The molecule has 0 N–H and O–H groups in total. The number of methoxy groups -OCH3 is 1. The fourth-order valence-electron chi connectivity index (χ4n) is 2.29. The van der Waals surface area contributed by atoms with Crippen molar-refractivity contribution in [2.45, 2.75) is 17.5 Å². The van der Waals surface area contributed by atoms with Gasteiger partial charge in [0.25, 0.3) is 0 Å². The zero-order valence-corrected chi connectivity index (χ0v) is 13.3. The second-order valence-electron chi connectivity index (χ2n) is 5.14. The van der Waals surface area contributed by atoms with E-state index in [1.165, 1.54) is 11.3 Å². The van der Waals surface area contributed by atoms with Gasteiger partial charge < -0.3 is 14.5 Å². The Morgan fingerprint density at radius 3 is 2.50 bits per heavy atom. The molecule has 0 bridgehead atoms. The van der Waals surface area contributed by atoms with Crippen molar-refractivity contribution in [1.82, 2.24) is 4.90 Å². The van der Waals surface area contributed by atoms with E-state index >= 15 is 0 Å². The van der Waals surface area contributed by atoms with Gasteiger partial charge in [-0.05, 0) is 24.6 Å². The molecule has 0 aromatic heterocycles. The number of anilines is 1. The molecule has 1 aromatic rings. The number of carbonyl (C=O) groups excluding carboxylic acids is 1. The molecule has 20 heavy (non-hydrogen) atoms. The summed E-state index contributed by atoms with van der Waals surface area (Å²) in [5.41, 5.74) is 2.34. The molecule has 0 saturated carbocycles. The number of carbonyl (C=O) groups is 1. The molecule has 0 radical (unpaired) electrons. The van der Waals surface area contributed by atoms with Gasteiger partial charge >= 0.3 is 0 Å². The molecule has 1 aliphatic heterocycles. The molecule has 2 atom stereocenters. The van der Waals surface area contributed by atoms with Gasteiger partial charge in [0.2, 0.25) is 5.91 Å². The minimum Gasteiger partial charge on any atom is -0.383 e. The smallest absolute Gasteiger partial charge is 0.236 e. The van der Waals surface area contributed by atoms with E-state index in [9.17, 15) is 4.79 Å². The van der Waals surface area contributed by atoms with Crippen molar-refractivity contribution in [3.05, 3.63) is 29.8 Å². The van der Waals surface area contributed by atoms with Crippen LogP contribution in [-0.2, 0) is 9.53 Å². The average molecular weight is 294 g/mol. The Hall–Kier alpha value is -1.20. The molecule has 5 heteroatoms. The van der Waals surface area contributed by atoms with Gasteiger partial charge in [-0.1, -0.05) is 12.1 Å². The van der Waals surface area contributed by atoms with Gasteiger partial charge in [0.05, 0.1) is 11.9 Å². The van der Waals surface area contributed by atoms with E-state index in [4.69, 9.17) is 4.74 Å². The quantitative estimate of drug-likeness (QED) is 0.834. The molecule has 1 fully saturated rings. The van der Waals surface area contributed by atoms with Crippen LogP contribution in [0.25, 0.3) is 0 Å². The predicted octanol–water partition coefficient (Wildman–Crippen LogP) is 2.36. The molecular weight excluding hydrogens is 272 g/mol. The minimum atomic E-state index is 0.0189. The lowest BCUT2D eigenvalue weighted by Gasteiger charge is -2.24. The van der Waals surface area contributed by atoms with E-state index in [0.29, 0.717) is 13.2 Å². The van der Waals surface area contributed by atoms with Crippen molar-refractivity contribution in [3.63, 3.8) is 0 Å². The first-order valence-corrected chi connectivity index (χ1v) is 7.71. The number of amides is 1. The molecule has 110 valence electrons. The third-order valence-electron chi connectivity index (χ3n) is 3.48. The molecule has 0 unspecified atom stereocenters. The standard InChI is InChI=1S/C15H22N2O2S/c1-11-14(18)17(9-10-19-4)15(20-11)12-5-7-13(8-6-12)16(2)3/h5-8,11,15H,9-10H2,1-4H3/t11-,15-/m1/s1. The van der Waals surface area contributed by atoms with E-state index < -0.39 is 0 Å². The van der Waals surface area contributed by atoms with Crippen molar-refractivity contribution < 1.29 is 9.53 Å². The molecule has 1 saturated heterocycles. The summed E-state index contributed by atoms with van der Waals surface area (Å²) >= 11 is 1.71. The number of benzene rings is 1. The van der Waals surface area contributed by atoms with Crippen molar-refractivity contribution >= 4 is 23.4 Å². The Kier molecular flexibility index (Phi) is 4.94. The topological polar surface area (TPSA) is 32.8 Å². The molecule has 1 amide bonds. The van der Waals surface area contributed by atoms with Crippen LogP contribution in [0.5, 0.6) is 0 Å². The fraction of sp³-hybridized carbons (Fsp3) is 0.533. The third-order valence-corrected chi connectivity index (χ3v) is 4.87. The van der Waals surface area contributed by atoms with Crippen LogP contribution in [0.4, 0.5) is 5.69 Å². The average Bonchev–Trinajstić information content (AvgIpc) is 2.72. The maximum absolute atomic E-state index is 12.2. The number of thioether (sulfide) groups is 1. The van der Waals surface area contributed by atoms with Gasteiger partial charge in [0.15, 0.2) is 0 Å². The summed E-state index contributed by atoms with van der Waals surface area (Å²) in [5.74, 6) is 0.203. The highest BCUT2D eigenvalue weighted by Crippen LogP contribution is 2.42. The van der Waals surface area contributed by atoms with Crippen LogP contribution >= 0.6 is 11.8 Å². The van der Waals surface area contributed by atoms with Crippen LogP contribution in [0, 0.1) is 0 Å². The van der Waals surface area contributed by atoms with E-state index in [2.05, 4.69) is 29.2 Å². The number of rotatable bonds is 5. The van der Waals surface area contributed by atoms with Crippen LogP contribution < -0.4 is 4.90 Å². The first-order valence-electron chi connectivity index (χ1n) is 6.76. The SMILES string of the molecule is COCCN1C(=O)[C@@H](C)S[C@@H]1c1ccc(N(C)C)cc1. The van der Waals surface area contributed by atoms with Gasteiger partial charge in [-0.3, -0.25) is 4.79 Å². The summed E-state index contributed by atoms with van der Waals surface area (Å²) in [6.45, 7) is 3.19. The lowest BCUT2D eigenvalue weighted by Crippen LogP contribution is -2.33. The highest BCUT2D eigenvalue weighted by molar-refractivity contribution is 8.01. The predicted molar refractivity (Wildman–Crippen MR) is 84.2 cm³/mol. The summed E-state index contributed by atoms with van der Waals surface area (Å²) in [6, 6.07) is 8.41. The molecule has 4 nitrogen and oxygen atoms in total. The summed E-state index contributed by atoms with van der Waals surface area (Å²) in [4.78, 5) is 16.2. The van der Waals surface area contributed by atoms with Gasteiger partial charge in [0.1, 0.15) is 5.37 Å². The Bertz CT molecular complexity index is 461. The summed E-state index contributed by atoms with van der Waals surface area (Å²) in [7, 11) is 5.71. The lowest BCUT2D eigenvalue weighted by atomic mass is 10.1. The van der Waals surface area contributed by atoms with Crippen molar-refractivity contribution in [1.29, 1.82) is 0 Å². The second-order valence-corrected chi connectivity index (χ2v) is 6.57. The Morgan fingerprint density at radius 1 is 1.30 bits per heavy atom. The summed E-state index contributed by atoms with van der Waals surface area (Å²) in [6.07, 6.45) is 0. The fourth-order valence-corrected chi connectivity index (χ4v) is 3.60. The van der Waals surface area contributed by atoms with Gasteiger partial charge in [-0.25, -0.2) is 0 Å². The number of hydrogen-bond donors (Lipinski definition) is 0. The maximum Gasteiger partial charge on any atom is 0.236 e. The highest BCUT2D eigenvalue weighted by Gasteiger charge is 2.37. The van der Waals surface area contributed by atoms with Crippen LogP contribution in [-0.4, -0.2) is 50.4 Å². The highest BCUT2D eigenvalue weighted by atomic mass is 32.2. The first kappa shape index (κ1) is 15.2. The third kappa shape index (κ3) is 3.10. The Morgan fingerprint density at radius 2 is 1.95 bits per heavy atom. The lowest BCUT2D eigenvalue weighted by molar-refractivity contribution is -0.130. The maximum atomic E-state index is 12.2. The zero-order valence-electron chi connectivity index (χ0n) is 12.5. The molecular formula is C15H22N2O2S. The number of ether oxygens (including phenoxy) is 1. The molecule has 2 rings (SSSR count). The largest absolute Gasteiger partial charge is 0.383 e. The number of hydrogen-bond acceptors (Lipinski definition) is 4. The van der Waals surface area contributed by atoms with Crippen molar-refractivity contribution in [2.24, 2.45) is 0 Å².